The van der Waals surface area contributed by atoms with E-state index in [4.69, 9.17) is 9.26 Å². The Hall–Kier alpha value is -2.95. The van der Waals surface area contributed by atoms with Crippen LogP contribution in [0.5, 0.6) is 0 Å². The molecule has 0 radical (unpaired) electrons. The molecular formula is C20H20N2O3. The molecule has 1 aromatic carbocycles. The smallest absolute Gasteiger partial charge is 0.340 e. The van der Waals surface area contributed by atoms with E-state index >= 15 is 0 Å². The predicted octanol–water partition coefficient (Wildman–Crippen LogP) is 4.33. The minimum Gasteiger partial charge on any atom is -0.454 e. The fourth-order valence-electron chi connectivity index (χ4n) is 2.89. The molecule has 25 heavy (non-hydrogen) atoms. The van der Waals surface area contributed by atoms with Gasteiger partial charge in [0.25, 0.3) is 0 Å². The minimum absolute atomic E-state index is 0.0314. The van der Waals surface area contributed by atoms with E-state index in [0.717, 1.165) is 28.1 Å². The summed E-state index contributed by atoms with van der Waals surface area (Å²) < 4.78 is 10.6. The highest BCUT2D eigenvalue weighted by Gasteiger charge is 2.14. The molecule has 2 heterocycles. The quantitative estimate of drug-likeness (QED) is 0.664. The molecule has 3 rings (SSSR count). The van der Waals surface area contributed by atoms with Crippen molar-refractivity contribution in [3.8, 4) is 11.3 Å². The molecule has 5 heteroatoms. The number of nitrogens with zero attached hydrogens (tertiary/aromatic N) is 2. The van der Waals surface area contributed by atoms with Crippen LogP contribution in [0.2, 0.25) is 0 Å². The van der Waals surface area contributed by atoms with Gasteiger partial charge in [0.05, 0.1) is 5.56 Å². The first-order chi connectivity index (χ1) is 11.9. The highest BCUT2D eigenvalue weighted by atomic mass is 16.5. The summed E-state index contributed by atoms with van der Waals surface area (Å²) in [5, 5.41) is 4.12. The maximum Gasteiger partial charge on any atom is 0.340 e. The van der Waals surface area contributed by atoms with E-state index in [1.807, 2.05) is 26.8 Å². The molecule has 0 spiro atoms. The van der Waals surface area contributed by atoms with Gasteiger partial charge >= 0.3 is 5.97 Å². The molecule has 0 bridgehead atoms. The fourth-order valence-corrected chi connectivity index (χ4v) is 2.89. The monoisotopic (exact) mass is 336 g/mol. The van der Waals surface area contributed by atoms with Gasteiger partial charge in [0.15, 0.2) is 12.4 Å². The largest absolute Gasteiger partial charge is 0.454 e. The number of carbonyl (C=O) groups excluding carboxylic acids is 1. The highest BCUT2D eigenvalue weighted by molar-refractivity contribution is 5.88. The van der Waals surface area contributed by atoms with E-state index in [9.17, 15) is 4.79 Å². The van der Waals surface area contributed by atoms with Crippen LogP contribution in [0.25, 0.3) is 11.3 Å². The van der Waals surface area contributed by atoms with Crippen LogP contribution in [-0.2, 0) is 11.3 Å². The van der Waals surface area contributed by atoms with Crippen LogP contribution in [0.15, 0.2) is 41.1 Å². The Morgan fingerprint density at radius 2 is 1.80 bits per heavy atom. The average Bonchev–Trinajstić information content (AvgIpc) is 3.01. The lowest BCUT2D eigenvalue weighted by Crippen LogP contribution is -2.05. The molecule has 128 valence electrons. The average molecular weight is 336 g/mol. The molecular weight excluding hydrogens is 316 g/mol. The zero-order valence-electron chi connectivity index (χ0n) is 14.8. The minimum atomic E-state index is -0.437. The molecule has 0 aliphatic rings. The summed E-state index contributed by atoms with van der Waals surface area (Å²) in [7, 11) is 0. The van der Waals surface area contributed by atoms with Gasteiger partial charge in [-0.15, -0.1) is 0 Å². The third-order valence-corrected chi connectivity index (χ3v) is 3.98. The number of esters is 1. The second-order valence-electron chi connectivity index (χ2n) is 6.22. The van der Waals surface area contributed by atoms with Crippen LogP contribution in [-0.4, -0.2) is 16.1 Å². The Morgan fingerprint density at radius 1 is 1.08 bits per heavy atom. The molecule has 0 unspecified atom stereocenters. The zero-order valence-corrected chi connectivity index (χ0v) is 14.8. The maximum atomic E-state index is 12.0. The Morgan fingerprint density at radius 3 is 2.44 bits per heavy atom. The normalized spacial score (nSPS) is 10.7. The van der Waals surface area contributed by atoms with Crippen LogP contribution >= 0.6 is 0 Å². The van der Waals surface area contributed by atoms with Crippen molar-refractivity contribution in [1.82, 2.24) is 10.1 Å². The number of benzene rings is 1. The number of hydrogen-bond acceptors (Lipinski definition) is 5. The third kappa shape index (κ3) is 3.76. The molecule has 2 aromatic heterocycles. The van der Waals surface area contributed by atoms with Crippen LogP contribution in [0.3, 0.4) is 0 Å². The molecule has 0 aliphatic heterocycles. The molecule has 3 aromatic rings. The number of hydrogen-bond donors (Lipinski definition) is 0. The zero-order chi connectivity index (χ0) is 18.0. The van der Waals surface area contributed by atoms with Crippen molar-refractivity contribution in [3.63, 3.8) is 0 Å². The van der Waals surface area contributed by atoms with Gasteiger partial charge in [0.2, 0.25) is 0 Å². The molecule has 0 saturated carbocycles. The van der Waals surface area contributed by atoms with E-state index in [1.165, 1.54) is 11.8 Å². The lowest BCUT2D eigenvalue weighted by molar-refractivity contribution is 0.0437. The van der Waals surface area contributed by atoms with E-state index in [2.05, 4.69) is 29.2 Å². The van der Waals surface area contributed by atoms with Gasteiger partial charge in [-0.05, 0) is 51.0 Å². The molecule has 0 saturated heterocycles. The van der Waals surface area contributed by atoms with Crippen molar-refractivity contribution < 1.29 is 14.1 Å². The predicted molar refractivity (Wildman–Crippen MR) is 94.2 cm³/mol. The van der Waals surface area contributed by atoms with Crippen LogP contribution in [0.1, 0.15) is 38.5 Å². The van der Waals surface area contributed by atoms with E-state index < -0.39 is 5.97 Å². The first-order valence-corrected chi connectivity index (χ1v) is 8.07. The van der Waals surface area contributed by atoms with Crippen LogP contribution < -0.4 is 0 Å². The Bertz CT molecular complexity index is 888. The number of ether oxygens (including phenoxy) is 1. The lowest BCUT2D eigenvalue weighted by atomic mass is 9.97. The summed E-state index contributed by atoms with van der Waals surface area (Å²) in [6.45, 7) is 8.06. The van der Waals surface area contributed by atoms with Gasteiger partial charge in [-0.2, -0.15) is 0 Å². The molecule has 5 nitrogen and oxygen atoms in total. The van der Waals surface area contributed by atoms with E-state index in [-0.39, 0.29) is 6.61 Å². The number of rotatable bonds is 4. The summed E-state index contributed by atoms with van der Waals surface area (Å²) in [5.41, 5.74) is 6.55. The third-order valence-electron chi connectivity index (χ3n) is 3.98. The van der Waals surface area contributed by atoms with Crippen LogP contribution in [0, 0.1) is 27.7 Å². The van der Waals surface area contributed by atoms with E-state index in [0.29, 0.717) is 11.3 Å². The molecule has 0 amide bonds. The molecule has 0 N–H and O–H groups in total. The van der Waals surface area contributed by atoms with Gasteiger partial charge in [-0.25, -0.2) is 4.79 Å². The lowest BCUT2D eigenvalue weighted by Gasteiger charge is -2.07. The fraction of sp³-hybridized carbons (Fsp3) is 0.250. The maximum absolute atomic E-state index is 12.0. The Balaban J connectivity index is 1.72. The van der Waals surface area contributed by atoms with E-state index in [1.54, 1.807) is 12.1 Å². The number of pyridine rings is 1. The topological polar surface area (TPSA) is 65.2 Å². The van der Waals surface area contributed by atoms with Gasteiger partial charge < -0.3 is 9.26 Å². The molecule has 0 atom stereocenters. The molecule has 0 fully saturated rings. The molecule has 0 aliphatic carbocycles. The van der Waals surface area contributed by atoms with Crippen LogP contribution in [0.4, 0.5) is 0 Å². The summed E-state index contributed by atoms with van der Waals surface area (Å²) in [6.07, 6.45) is 1.50. The van der Waals surface area contributed by atoms with Gasteiger partial charge in [0, 0.05) is 23.5 Å². The van der Waals surface area contributed by atoms with Crippen molar-refractivity contribution in [2.45, 2.75) is 34.3 Å². The second kappa shape index (κ2) is 6.89. The standard InChI is InChI=1S/C20H20N2O3/c1-12-7-13(2)19(14(3)8-12)18-9-17(25-22-18)11-24-20(23)16-6-5-15(4)21-10-16/h5-10H,11H2,1-4H3. The second-order valence-corrected chi connectivity index (χ2v) is 6.22. The first-order valence-electron chi connectivity index (χ1n) is 8.07. The van der Waals surface area contributed by atoms with Crippen molar-refractivity contribution in [2.24, 2.45) is 0 Å². The first kappa shape index (κ1) is 16.9. The van der Waals surface area contributed by atoms with Crippen molar-refractivity contribution in [1.29, 1.82) is 0 Å². The van der Waals surface area contributed by atoms with Gasteiger partial charge in [-0.3, -0.25) is 4.98 Å². The Labute approximate surface area is 146 Å². The van der Waals surface area contributed by atoms with Gasteiger partial charge in [-0.1, -0.05) is 22.9 Å². The number of aromatic nitrogens is 2. The Kier molecular flexibility index (Phi) is 4.65. The van der Waals surface area contributed by atoms with Crippen molar-refractivity contribution in [2.75, 3.05) is 0 Å². The number of carbonyl (C=O) groups is 1. The van der Waals surface area contributed by atoms with Crippen molar-refractivity contribution in [3.05, 3.63) is 70.2 Å². The van der Waals surface area contributed by atoms with Crippen molar-refractivity contribution >= 4 is 5.97 Å². The van der Waals surface area contributed by atoms with Gasteiger partial charge in [0.1, 0.15) is 5.69 Å². The summed E-state index contributed by atoms with van der Waals surface area (Å²) in [6, 6.07) is 9.50. The summed E-state index contributed by atoms with van der Waals surface area (Å²) >= 11 is 0. The summed E-state index contributed by atoms with van der Waals surface area (Å²) in [4.78, 5) is 16.1. The number of aryl methyl sites for hydroxylation is 4. The summed E-state index contributed by atoms with van der Waals surface area (Å²) in [5.74, 6) is 0.0657. The SMILES string of the molecule is Cc1cc(C)c(-c2cc(COC(=O)c3ccc(C)nc3)on2)c(C)c1. The highest BCUT2D eigenvalue weighted by Crippen LogP contribution is 2.28.